The Morgan fingerprint density at radius 3 is 2.90 bits per heavy atom. The van der Waals surface area contributed by atoms with Gasteiger partial charge in [-0.3, -0.25) is 4.99 Å². The van der Waals surface area contributed by atoms with Crippen molar-refractivity contribution < 1.29 is 0 Å². The summed E-state index contributed by atoms with van der Waals surface area (Å²) >= 11 is 1.64. The Labute approximate surface area is 66.7 Å². The maximum absolute atomic E-state index is 5.43. The Morgan fingerprint density at radius 1 is 1.90 bits per heavy atom. The van der Waals surface area contributed by atoms with E-state index < -0.39 is 0 Å². The van der Waals surface area contributed by atoms with Crippen molar-refractivity contribution in [1.82, 2.24) is 0 Å². The molecule has 0 saturated heterocycles. The summed E-state index contributed by atoms with van der Waals surface area (Å²) in [5.41, 5.74) is 0.564. The molecule has 2 radical (unpaired) electrons. The van der Waals surface area contributed by atoms with E-state index in [0.29, 0.717) is 5.47 Å². The highest BCUT2D eigenvalue weighted by Crippen LogP contribution is 2.21. The summed E-state index contributed by atoms with van der Waals surface area (Å²) < 4.78 is 0. The van der Waals surface area contributed by atoms with Crippen LogP contribution in [0.5, 0.6) is 0 Å². The minimum atomic E-state index is 0.236. The van der Waals surface area contributed by atoms with Crippen molar-refractivity contribution in [2.45, 2.75) is 6.04 Å². The molecular weight excluding hydrogens is 141 g/mol. The van der Waals surface area contributed by atoms with E-state index in [9.17, 15) is 0 Å². The van der Waals surface area contributed by atoms with Crippen LogP contribution in [0.4, 0.5) is 0 Å². The summed E-state index contributed by atoms with van der Waals surface area (Å²) in [7, 11) is 5.43. The van der Waals surface area contributed by atoms with Crippen LogP contribution in [-0.4, -0.2) is 24.7 Å². The monoisotopic (exact) mass is 149 g/mol. The third-order valence-electron chi connectivity index (χ3n) is 1.22. The van der Waals surface area contributed by atoms with Gasteiger partial charge in [0.05, 0.1) is 11.1 Å². The number of nitrogens with zero attached hydrogens (tertiary/aromatic N) is 1. The first-order valence-electron chi connectivity index (χ1n) is 3.02. The Bertz CT molecular complexity index is 198. The van der Waals surface area contributed by atoms with Crippen LogP contribution < -0.4 is 0 Å². The quantitative estimate of drug-likeness (QED) is 0.426. The molecule has 0 amide bonds. The van der Waals surface area contributed by atoms with E-state index in [0.717, 1.165) is 10.8 Å². The van der Waals surface area contributed by atoms with Crippen molar-refractivity contribution in [1.29, 1.82) is 0 Å². The van der Waals surface area contributed by atoms with Crippen molar-refractivity contribution in [3.63, 3.8) is 0 Å². The molecule has 0 N–H and O–H groups in total. The molecule has 1 nitrogen and oxygen atoms in total. The third-order valence-corrected chi connectivity index (χ3v) is 2.37. The molecule has 10 heavy (non-hydrogen) atoms. The predicted octanol–water partition coefficient (Wildman–Crippen LogP) is 1.37. The van der Waals surface area contributed by atoms with Gasteiger partial charge in [-0.25, -0.2) is 0 Å². The summed E-state index contributed by atoms with van der Waals surface area (Å²) in [6.45, 7) is 7.24. The van der Waals surface area contributed by atoms with Gasteiger partial charge in [0.15, 0.2) is 0 Å². The lowest BCUT2D eigenvalue weighted by Crippen LogP contribution is -1.95. The summed E-state index contributed by atoms with van der Waals surface area (Å²) in [5, 5.41) is 0.866. The molecule has 1 heterocycles. The van der Waals surface area contributed by atoms with Crippen molar-refractivity contribution in [2.24, 2.45) is 4.99 Å². The maximum atomic E-state index is 5.43. The van der Waals surface area contributed by atoms with Gasteiger partial charge >= 0.3 is 0 Å². The molecule has 0 aromatic rings. The summed E-state index contributed by atoms with van der Waals surface area (Å²) in [5.74, 6) is 0.953. The Balaban J connectivity index is 2.65. The molecular formula is C7H8BNS. The third kappa shape index (κ3) is 1.54. The molecule has 0 aromatic heterocycles. The number of aliphatic imine (C=N–C) groups is 1. The van der Waals surface area contributed by atoms with Crippen LogP contribution in [0.25, 0.3) is 0 Å². The highest BCUT2D eigenvalue weighted by molar-refractivity contribution is 8.14. The van der Waals surface area contributed by atoms with Crippen molar-refractivity contribution in [3.8, 4) is 0 Å². The fourth-order valence-corrected chi connectivity index (χ4v) is 1.62. The first-order chi connectivity index (χ1) is 4.74. The molecule has 50 valence electrons. The fraction of sp³-hybridized carbons (Fsp3) is 0.286. The molecule has 0 aliphatic carbocycles. The van der Waals surface area contributed by atoms with Crippen molar-refractivity contribution in [3.05, 3.63) is 24.7 Å². The molecule has 0 bridgehead atoms. The molecule has 0 spiro atoms. The first-order valence-corrected chi connectivity index (χ1v) is 4.00. The molecule has 3 heteroatoms. The minimum absolute atomic E-state index is 0.236. The minimum Gasteiger partial charge on any atom is -0.271 e. The lowest BCUT2D eigenvalue weighted by Gasteiger charge is -1.92. The van der Waals surface area contributed by atoms with E-state index >= 15 is 0 Å². The summed E-state index contributed by atoms with van der Waals surface area (Å²) in [6, 6.07) is 0.236. The van der Waals surface area contributed by atoms with Crippen LogP contribution in [0, 0.1) is 0 Å². The second-order valence-electron chi connectivity index (χ2n) is 2.07. The van der Waals surface area contributed by atoms with Gasteiger partial charge in [0.25, 0.3) is 0 Å². The average molecular weight is 149 g/mol. The lowest BCUT2D eigenvalue weighted by atomic mass is 9.99. The van der Waals surface area contributed by atoms with Crippen molar-refractivity contribution in [2.75, 3.05) is 5.75 Å². The zero-order chi connectivity index (χ0) is 7.56. The van der Waals surface area contributed by atoms with E-state index in [1.807, 2.05) is 6.08 Å². The topological polar surface area (TPSA) is 12.4 Å². The highest BCUT2D eigenvalue weighted by atomic mass is 32.2. The van der Waals surface area contributed by atoms with E-state index in [2.05, 4.69) is 18.2 Å². The van der Waals surface area contributed by atoms with Crippen LogP contribution in [0.2, 0.25) is 0 Å². The average Bonchev–Trinajstić information content (AvgIpc) is 2.34. The van der Waals surface area contributed by atoms with Gasteiger partial charge < -0.3 is 0 Å². The van der Waals surface area contributed by atoms with Crippen LogP contribution in [-0.2, 0) is 0 Å². The zero-order valence-electron chi connectivity index (χ0n) is 5.71. The van der Waals surface area contributed by atoms with Crippen LogP contribution in [0.15, 0.2) is 29.7 Å². The molecule has 1 aliphatic rings. The number of hydrogen-bond acceptors (Lipinski definition) is 2. The van der Waals surface area contributed by atoms with Crippen LogP contribution in [0.3, 0.4) is 0 Å². The van der Waals surface area contributed by atoms with Gasteiger partial charge in [-0.15, -0.1) is 24.9 Å². The van der Waals surface area contributed by atoms with Gasteiger partial charge in [-0.2, -0.15) is 0 Å². The van der Waals surface area contributed by atoms with Gasteiger partial charge in [0, 0.05) is 5.75 Å². The number of thioether (sulfide) groups is 1. The Kier molecular flexibility index (Phi) is 2.38. The second-order valence-corrected chi connectivity index (χ2v) is 3.08. The Hall–Kier alpha value is -0.435. The van der Waals surface area contributed by atoms with Crippen LogP contribution >= 0.6 is 11.8 Å². The first kappa shape index (κ1) is 7.67. The van der Waals surface area contributed by atoms with E-state index in [1.54, 1.807) is 11.8 Å². The second kappa shape index (κ2) is 3.10. The van der Waals surface area contributed by atoms with Gasteiger partial charge in [-0.05, 0) is 0 Å². The Morgan fingerprint density at radius 2 is 2.60 bits per heavy atom. The van der Waals surface area contributed by atoms with E-state index in [1.165, 1.54) is 0 Å². The van der Waals surface area contributed by atoms with Gasteiger partial charge in [0.2, 0.25) is 0 Å². The number of hydrogen-bond donors (Lipinski definition) is 0. The van der Waals surface area contributed by atoms with E-state index in [4.69, 9.17) is 7.85 Å². The predicted molar refractivity (Wildman–Crippen MR) is 48.8 cm³/mol. The molecule has 0 fully saturated rings. The largest absolute Gasteiger partial charge is 0.271 e. The standard InChI is InChI=1S/C7H8BNS/c1-3-6-4-10-7(9-6)5(2)8/h3,6H,1-2,4H2. The normalized spacial score (nSPS) is 24.0. The molecule has 0 saturated carbocycles. The van der Waals surface area contributed by atoms with Crippen LogP contribution in [0.1, 0.15) is 0 Å². The van der Waals surface area contributed by atoms with Gasteiger partial charge in [-0.1, -0.05) is 11.5 Å². The molecule has 1 aliphatic heterocycles. The summed E-state index contributed by atoms with van der Waals surface area (Å²) in [6.07, 6.45) is 1.82. The highest BCUT2D eigenvalue weighted by Gasteiger charge is 2.14. The lowest BCUT2D eigenvalue weighted by molar-refractivity contribution is 0.964. The van der Waals surface area contributed by atoms with Gasteiger partial charge in [0.1, 0.15) is 7.85 Å². The smallest absolute Gasteiger partial charge is 0.116 e. The van der Waals surface area contributed by atoms with E-state index in [-0.39, 0.29) is 6.04 Å². The SMILES string of the molecule is [B]C(=C)C1=NC(C=C)CS1. The molecule has 1 rings (SSSR count). The molecule has 0 aromatic carbocycles. The molecule has 1 unspecified atom stereocenters. The maximum Gasteiger partial charge on any atom is 0.116 e. The molecule has 1 atom stereocenters. The fourth-order valence-electron chi connectivity index (χ4n) is 0.686. The zero-order valence-corrected chi connectivity index (χ0v) is 6.53. The summed E-state index contributed by atoms with van der Waals surface area (Å²) in [4.78, 5) is 4.24. The van der Waals surface area contributed by atoms with Crippen molar-refractivity contribution >= 4 is 24.7 Å². The number of rotatable bonds is 2.